The zero-order valence-electron chi connectivity index (χ0n) is 49.2. The van der Waals surface area contributed by atoms with Crippen molar-refractivity contribution in [2.75, 3.05) is 46.1 Å². The monoisotopic (exact) mass is 1090 g/mol. The summed E-state index contributed by atoms with van der Waals surface area (Å²) in [5, 5.41) is 3.52. The van der Waals surface area contributed by atoms with Crippen LogP contribution in [0.4, 0.5) is 0 Å². The van der Waals surface area contributed by atoms with Gasteiger partial charge in [0, 0.05) is 25.4 Å². The molecule has 2 heterocycles. The molecule has 1 N–H and O–H groups in total. The van der Waals surface area contributed by atoms with Crippen molar-refractivity contribution in [3.05, 3.63) is 144 Å². The average Bonchev–Trinajstić information content (AvgIpc) is 3.51. The van der Waals surface area contributed by atoms with E-state index in [4.69, 9.17) is 33.2 Å². The number of hydrogen-bond donors (Lipinski definition) is 1. The van der Waals surface area contributed by atoms with E-state index in [1.807, 2.05) is 48.5 Å². The van der Waals surface area contributed by atoms with Gasteiger partial charge in [-0.2, -0.15) is 0 Å². The molecule has 10 heteroatoms. The lowest BCUT2D eigenvalue weighted by molar-refractivity contribution is -0.283. The molecule has 6 rings (SSSR count). The Labute approximate surface area is 478 Å². The molecular weight excluding hydrogens is 985 g/mol. The molecular formula is C69H104N2O8. The van der Waals surface area contributed by atoms with Gasteiger partial charge in [0.05, 0.1) is 71.1 Å². The summed E-state index contributed by atoms with van der Waals surface area (Å²) >= 11 is 0. The molecule has 1 amide bonds. The first-order valence-electron chi connectivity index (χ1n) is 31.4. The zero-order chi connectivity index (χ0) is 55.2. The molecule has 79 heavy (non-hydrogen) atoms. The minimum absolute atomic E-state index is 0.0183. The fraction of sp³-hybridized carbons (Fsp3) is 0.638. The molecule has 4 aromatic carbocycles. The maximum Gasteiger partial charge on any atom is 0.220 e. The van der Waals surface area contributed by atoms with Crippen molar-refractivity contribution in [2.24, 2.45) is 11.8 Å². The van der Waals surface area contributed by atoms with Crippen LogP contribution >= 0.6 is 0 Å². The van der Waals surface area contributed by atoms with Gasteiger partial charge in [-0.15, -0.1) is 0 Å². The zero-order valence-corrected chi connectivity index (χ0v) is 49.2. The number of benzene rings is 4. The van der Waals surface area contributed by atoms with Crippen molar-refractivity contribution in [3.63, 3.8) is 0 Å². The van der Waals surface area contributed by atoms with Crippen molar-refractivity contribution in [1.82, 2.24) is 10.2 Å². The lowest BCUT2D eigenvalue weighted by Crippen LogP contribution is -2.56. The number of carbonyl (C=O) groups is 1. The van der Waals surface area contributed by atoms with Gasteiger partial charge in [0.25, 0.3) is 0 Å². The molecule has 0 radical (unpaired) electrons. The van der Waals surface area contributed by atoms with Crippen molar-refractivity contribution >= 4 is 5.91 Å². The Morgan fingerprint density at radius 2 is 1.04 bits per heavy atom. The third kappa shape index (κ3) is 26.2. The molecule has 0 aromatic heterocycles. The van der Waals surface area contributed by atoms with Crippen LogP contribution in [-0.2, 0) is 64.4 Å². The summed E-state index contributed by atoms with van der Waals surface area (Å²) < 4.78 is 46.8. The summed E-state index contributed by atoms with van der Waals surface area (Å²) in [5.74, 6) is 0.0701. The van der Waals surface area contributed by atoms with Crippen LogP contribution in [-0.4, -0.2) is 93.6 Å². The number of nitrogens with zero attached hydrogens (tertiary/aromatic N) is 1. The molecule has 2 aliphatic heterocycles. The van der Waals surface area contributed by atoms with Crippen LogP contribution in [0.2, 0.25) is 0 Å². The topological polar surface area (TPSA) is 97.0 Å². The number of rotatable bonds is 43. The molecule has 0 saturated carbocycles. The van der Waals surface area contributed by atoms with Gasteiger partial charge in [-0.3, -0.25) is 9.69 Å². The molecule has 5 unspecified atom stereocenters. The quantitative estimate of drug-likeness (QED) is 0.0435. The maximum atomic E-state index is 14.4. The van der Waals surface area contributed by atoms with Gasteiger partial charge in [0.2, 0.25) is 5.91 Å². The minimum atomic E-state index is -0.578. The Hall–Kier alpha value is -3.97. The highest BCUT2D eigenvalue weighted by molar-refractivity contribution is 5.76. The highest BCUT2D eigenvalue weighted by Crippen LogP contribution is 2.35. The van der Waals surface area contributed by atoms with E-state index in [1.54, 1.807) is 0 Å². The SMILES string of the molecule is CCCCCCCCCCCCCC[C@@H](OCc1ccccc1)[C@@H](OCc1ccccc1)[C@H](COC1OC(COCc2ccccc2)C(OCc2ccccc2)C(C)C1C)NC(=O)CCCCCCCCCCN1CCOCC1. The van der Waals surface area contributed by atoms with E-state index in [-0.39, 0.29) is 42.7 Å². The van der Waals surface area contributed by atoms with Gasteiger partial charge in [0.15, 0.2) is 6.29 Å². The van der Waals surface area contributed by atoms with Crippen molar-refractivity contribution in [1.29, 1.82) is 0 Å². The summed E-state index contributed by atoms with van der Waals surface area (Å²) in [6.07, 6.45) is 23.9. The van der Waals surface area contributed by atoms with Crippen LogP contribution < -0.4 is 5.32 Å². The molecule has 0 bridgehead atoms. The molecule has 2 fully saturated rings. The average molecular weight is 1090 g/mol. The van der Waals surface area contributed by atoms with E-state index < -0.39 is 18.4 Å². The summed E-state index contributed by atoms with van der Waals surface area (Å²) in [5.41, 5.74) is 4.40. The van der Waals surface area contributed by atoms with E-state index in [0.717, 1.165) is 87.1 Å². The Bertz CT molecular complexity index is 2080. The summed E-state index contributed by atoms with van der Waals surface area (Å²) in [6.45, 7) is 14.1. The first-order chi connectivity index (χ1) is 39.0. The number of morpholine rings is 1. The third-order valence-corrected chi connectivity index (χ3v) is 16.3. The van der Waals surface area contributed by atoms with Gasteiger partial charge in [-0.05, 0) is 54.0 Å². The highest BCUT2D eigenvalue weighted by Gasteiger charge is 2.44. The number of ether oxygens (including phenoxy) is 7. The van der Waals surface area contributed by atoms with E-state index in [9.17, 15) is 4.79 Å². The fourth-order valence-corrected chi connectivity index (χ4v) is 11.2. The van der Waals surface area contributed by atoms with Gasteiger partial charge in [0.1, 0.15) is 12.2 Å². The summed E-state index contributed by atoms with van der Waals surface area (Å²) in [6, 6.07) is 40.8. The summed E-state index contributed by atoms with van der Waals surface area (Å²) in [4.78, 5) is 16.9. The van der Waals surface area contributed by atoms with E-state index in [1.165, 1.54) is 103 Å². The third-order valence-electron chi connectivity index (χ3n) is 16.3. The van der Waals surface area contributed by atoms with Crippen molar-refractivity contribution in [2.45, 2.75) is 225 Å². The second kappa shape index (κ2) is 40.3. The smallest absolute Gasteiger partial charge is 0.220 e. The Morgan fingerprint density at radius 3 is 1.59 bits per heavy atom. The number of hydrogen-bond acceptors (Lipinski definition) is 9. The molecule has 0 spiro atoms. The number of amides is 1. The Kier molecular flexibility index (Phi) is 32.7. The number of carbonyl (C=O) groups excluding carboxylic acids is 1. The van der Waals surface area contributed by atoms with Crippen molar-refractivity contribution in [3.8, 4) is 0 Å². The first-order valence-corrected chi connectivity index (χ1v) is 31.4. The van der Waals surface area contributed by atoms with Crippen LogP contribution in [0.25, 0.3) is 0 Å². The van der Waals surface area contributed by atoms with Crippen LogP contribution in [0, 0.1) is 11.8 Å². The van der Waals surface area contributed by atoms with Crippen LogP contribution in [0.5, 0.6) is 0 Å². The second-order valence-corrected chi connectivity index (χ2v) is 22.8. The Morgan fingerprint density at radius 1 is 0.557 bits per heavy atom. The molecule has 4 aromatic rings. The standard InChI is InChI=1S/C69H104N2O8/c1-4-5-6-7-8-9-10-11-12-15-18-33-44-64(75-52-60-38-27-22-28-39-60)68(77-54-62-42-31-24-32-43-62)63(70-66(72)45-34-19-16-13-14-17-20-35-46-71-47-49-73-50-48-71)55-78-69-58(3)57(2)67(76-53-61-40-29-23-30-41-61)65(79-69)56-74-51-59-36-25-21-26-37-59/h21-32,36-43,57-58,63-65,67-69H,4-20,33-35,44-56H2,1-3H3,(H,70,72)/t57?,58?,63-,64+,65?,67?,68-,69?/m0/s1. The molecule has 438 valence electrons. The fourth-order valence-electron chi connectivity index (χ4n) is 11.2. The molecule has 2 aliphatic rings. The van der Waals surface area contributed by atoms with Gasteiger partial charge in [-0.1, -0.05) is 258 Å². The normalized spacial score (nSPS) is 20.0. The van der Waals surface area contributed by atoms with E-state index >= 15 is 0 Å². The minimum Gasteiger partial charge on any atom is -0.379 e. The Balaban J connectivity index is 1.15. The predicted octanol–water partition coefficient (Wildman–Crippen LogP) is 15.4. The van der Waals surface area contributed by atoms with Gasteiger partial charge >= 0.3 is 0 Å². The van der Waals surface area contributed by atoms with Gasteiger partial charge < -0.3 is 38.5 Å². The summed E-state index contributed by atoms with van der Waals surface area (Å²) in [7, 11) is 0. The van der Waals surface area contributed by atoms with Gasteiger partial charge in [-0.25, -0.2) is 0 Å². The molecule has 10 nitrogen and oxygen atoms in total. The molecule has 0 aliphatic carbocycles. The predicted molar refractivity (Wildman–Crippen MR) is 321 cm³/mol. The maximum absolute atomic E-state index is 14.4. The van der Waals surface area contributed by atoms with E-state index in [0.29, 0.717) is 39.5 Å². The second-order valence-electron chi connectivity index (χ2n) is 22.8. The van der Waals surface area contributed by atoms with Crippen LogP contribution in [0.15, 0.2) is 121 Å². The number of unbranched alkanes of at least 4 members (excludes halogenated alkanes) is 18. The molecule has 8 atom stereocenters. The molecule has 2 saturated heterocycles. The van der Waals surface area contributed by atoms with Crippen LogP contribution in [0.1, 0.15) is 184 Å². The highest BCUT2D eigenvalue weighted by atomic mass is 16.7. The lowest BCUT2D eigenvalue weighted by atomic mass is 9.84. The number of nitrogens with one attached hydrogen (secondary N) is 1. The first kappa shape index (κ1) is 64.2. The largest absolute Gasteiger partial charge is 0.379 e. The van der Waals surface area contributed by atoms with E-state index in [2.05, 4.69) is 104 Å². The lowest BCUT2D eigenvalue weighted by Gasteiger charge is -2.45. The van der Waals surface area contributed by atoms with Crippen LogP contribution in [0.3, 0.4) is 0 Å². The van der Waals surface area contributed by atoms with Crippen molar-refractivity contribution < 1.29 is 38.0 Å².